The van der Waals surface area contributed by atoms with Gasteiger partial charge in [0.1, 0.15) is 5.82 Å². The maximum atomic E-state index is 10.6. The fourth-order valence-electron chi connectivity index (χ4n) is 1.08. The smallest absolute Gasteiger partial charge is 0.271 e. The minimum absolute atomic E-state index is 0.0117. The first kappa shape index (κ1) is 12.4. The third kappa shape index (κ3) is 3.78. The van der Waals surface area contributed by atoms with Gasteiger partial charge in [-0.15, -0.1) is 0 Å². The molecular formula is C11H12N4O2. The van der Waals surface area contributed by atoms with Crippen LogP contribution in [-0.4, -0.2) is 11.6 Å². The summed E-state index contributed by atoms with van der Waals surface area (Å²) >= 11 is 0. The number of anilines is 1. The van der Waals surface area contributed by atoms with Crippen LogP contribution in [0.3, 0.4) is 0 Å². The Kier molecular flexibility index (Phi) is 4.44. The van der Waals surface area contributed by atoms with E-state index in [9.17, 15) is 10.1 Å². The number of nitro groups is 1. The van der Waals surface area contributed by atoms with Crippen molar-refractivity contribution >= 4 is 18.1 Å². The second-order valence-electron chi connectivity index (χ2n) is 3.00. The van der Waals surface area contributed by atoms with Gasteiger partial charge in [0.25, 0.3) is 5.69 Å². The first-order valence-corrected chi connectivity index (χ1v) is 4.73. The molecule has 1 aromatic rings. The minimum atomic E-state index is -0.461. The third-order valence-electron chi connectivity index (χ3n) is 1.84. The van der Waals surface area contributed by atoms with Crippen molar-refractivity contribution in [1.29, 1.82) is 0 Å². The highest BCUT2D eigenvalue weighted by Gasteiger charge is 2.04. The molecule has 0 bridgehead atoms. The van der Waals surface area contributed by atoms with E-state index in [1.54, 1.807) is 24.3 Å². The summed E-state index contributed by atoms with van der Waals surface area (Å²) in [6.07, 6.45) is 3.16. The summed E-state index contributed by atoms with van der Waals surface area (Å²) in [7, 11) is 0. The number of hydrazine groups is 1. The molecule has 88 valence electrons. The molecule has 0 aliphatic rings. The molecule has 6 nitrogen and oxygen atoms in total. The molecule has 0 heterocycles. The molecule has 0 fully saturated rings. The number of benzene rings is 1. The van der Waals surface area contributed by atoms with Crippen LogP contribution < -0.4 is 10.9 Å². The Bertz CT molecular complexity index is 468. The number of nitrogens with zero attached hydrogens (tertiary/aromatic N) is 2. The van der Waals surface area contributed by atoms with Crippen molar-refractivity contribution in [2.45, 2.75) is 0 Å². The Hall–Kier alpha value is -2.63. The number of nitrogens with one attached hydrogen (secondary N) is 2. The molecule has 1 aromatic carbocycles. The van der Waals surface area contributed by atoms with Gasteiger partial charge in [-0.25, -0.2) is 4.99 Å². The predicted octanol–water partition coefficient (Wildman–Crippen LogP) is 2.24. The third-order valence-corrected chi connectivity index (χ3v) is 1.84. The van der Waals surface area contributed by atoms with Crippen LogP contribution in [0.15, 0.2) is 53.8 Å². The van der Waals surface area contributed by atoms with E-state index in [2.05, 4.69) is 29.1 Å². The molecule has 0 aliphatic carbocycles. The highest BCUT2D eigenvalue weighted by atomic mass is 16.6. The number of non-ortho nitro benzene ring substituents is 1. The molecule has 1 rings (SSSR count). The summed E-state index contributed by atoms with van der Waals surface area (Å²) in [4.78, 5) is 13.8. The molecule has 0 saturated heterocycles. The van der Waals surface area contributed by atoms with Crippen LogP contribution >= 0.6 is 0 Å². The number of hydrogen-bond donors (Lipinski definition) is 2. The van der Waals surface area contributed by atoms with Gasteiger partial charge >= 0.3 is 0 Å². The van der Waals surface area contributed by atoms with Crippen molar-refractivity contribution < 1.29 is 4.92 Å². The van der Waals surface area contributed by atoms with E-state index in [1.165, 1.54) is 12.1 Å². The van der Waals surface area contributed by atoms with Gasteiger partial charge < -0.3 is 0 Å². The van der Waals surface area contributed by atoms with Gasteiger partial charge in [0.05, 0.1) is 10.6 Å². The Labute approximate surface area is 98.5 Å². The summed E-state index contributed by atoms with van der Waals surface area (Å²) in [5.74, 6) is 0.464. The van der Waals surface area contributed by atoms with E-state index in [4.69, 9.17) is 0 Å². The van der Waals surface area contributed by atoms with Gasteiger partial charge in [-0.05, 0) is 18.9 Å². The fourth-order valence-corrected chi connectivity index (χ4v) is 1.08. The molecule has 6 heteroatoms. The van der Waals surface area contributed by atoms with Crippen LogP contribution in [0.1, 0.15) is 0 Å². The van der Waals surface area contributed by atoms with Gasteiger partial charge in [-0.3, -0.25) is 21.0 Å². The first-order chi connectivity index (χ1) is 8.17. The van der Waals surface area contributed by atoms with Crippen molar-refractivity contribution in [3.8, 4) is 0 Å². The SMILES string of the molecule is C=C/C=C(\N=C)NNc1cccc([N+](=O)[O-])c1. The lowest BCUT2D eigenvalue weighted by molar-refractivity contribution is -0.384. The highest BCUT2D eigenvalue weighted by Crippen LogP contribution is 2.16. The normalized spacial score (nSPS) is 10.5. The lowest BCUT2D eigenvalue weighted by atomic mass is 10.3. The summed E-state index contributed by atoms with van der Waals surface area (Å²) in [6.45, 7) is 6.88. The summed E-state index contributed by atoms with van der Waals surface area (Å²) in [5, 5.41) is 10.6. The predicted molar refractivity (Wildman–Crippen MR) is 67.7 cm³/mol. The van der Waals surface area contributed by atoms with E-state index in [0.29, 0.717) is 11.5 Å². The molecular weight excluding hydrogens is 220 g/mol. The molecule has 0 amide bonds. The summed E-state index contributed by atoms with van der Waals surface area (Å²) in [6, 6.07) is 6.09. The van der Waals surface area contributed by atoms with Crippen molar-refractivity contribution in [2.75, 3.05) is 5.43 Å². The zero-order valence-electron chi connectivity index (χ0n) is 9.09. The molecule has 0 aliphatic heterocycles. The second kappa shape index (κ2) is 6.06. The van der Waals surface area contributed by atoms with Crippen molar-refractivity contribution in [2.24, 2.45) is 4.99 Å². The summed E-state index contributed by atoms with van der Waals surface area (Å²) < 4.78 is 0. The van der Waals surface area contributed by atoms with Crippen molar-refractivity contribution in [1.82, 2.24) is 5.43 Å². The molecule has 0 spiro atoms. The van der Waals surface area contributed by atoms with Crippen LogP contribution in [0.4, 0.5) is 11.4 Å². The van der Waals surface area contributed by atoms with E-state index in [-0.39, 0.29) is 5.69 Å². The molecule has 0 radical (unpaired) electrons. The quantitative estimate of drug-likeness (QED) is 0.341. The number of aliphatic imine (C=N–C) groups is 1. The zero-order chi connectivity index (χ0) is 12.7. The largest absolute Gasteiger partial charge is 0.299 e. The number of rotatable bonds is 6. The maximum absolute atomic E-state index is 10.6. The lowest BCUT2D eigenvalue weighted by Crippen LogP contribution is -2.19. The second-order valence-corrected chi connectivity index (χ2v) is 3.00. The van der Waals surface area contributed by atoms with Crippen molar-refractivity contribution in [3.63, 3.8) is 0 Å². The topological polar surface area (TPSA) is 79.6 Å². The van der Waals surface area contributed by atoms with Crippen LogP contribution in [-0.2, 0) is 0 Å². The van der Waals surface area contributed by atoms with Crippen LogP contribution in [0, 0.1) is 10.1 Å². The van der Waals surface area contributed by atoms with Gasteiger partial charge in [0.2, 0.25) is 0 Å². The average molecular weight is 232 g/mol. The Balaban J connectivity index is 2.72. The van der Waals surface area contributed by atoms with Crippen LogP contribution in [0.25, 0.3) is 0 Å². The molecule has 0 saturated carbocycles. The van der Waals surface area contributed by atoms with E-state index < -0.39 is 4.92 Å². The lowest BCUT2D eigenvalue weighted by Gasteiger charge is -2.08. The Morgan fingerprint density at radius 3 is 2.88 bits per heavy atom. The van der Waals surface area contributed by atoms with E-state index >= 15 is 0 Å². The Morgan fingerprint density at radius 1 is 1.53 bits per heavy atom. The van der Waals surface area contributed by atoms with E-state index in [1.807, 2.05) is 0 Å². The number of allylic oxidation sites excluding steroid dienone is 2. The average Bonchev–Trinajstić information content (AvgIpc) is 2.34. The Morgan fingerprint density at radius 2 is 2.29 bits per heavy atom. The maximum Gasteiger partial charge on any atom is 0.271 e. The molecule has 0 atom stereocenters. The molecule has 0 aromatic heterocycles. The van der Waals surface area contributed by atoms with Gasteiger partial charge in [0, 0.05) is 12.1 Å². The standard InChI is InChI=1S/C11H12N4O2/c1-3-5-11(12-2)14-13-9-6-4-7-10(8-9)15(16)17/h3-8,13-14H,1-2H2/b11-5+. The zero-order valence-corrected chi connectivity index (χ0v) is 9.09. The van der Waals surface area contributed by atoms with Gasteiger partial charge in [0.15, 0.2) is 0 Å². The van der Waals surface area contributed by atoms with Crippen LogP contribution in [0.2, 0.25) is 0 Å². The summed E-state index contributed by atoms with van der Waals surface area (Å²) in [5.41, 5.74) is 6.08. The minimum Gasteiger partial charge on any atom is -0.299 e. The van der Waals surface area contributed by atoms with Gasteiger partial charge in [-0.1, -0.05) is 18.7 Å². The first-order valence-electron chi connectivity index (χ1n) is 4.73. The highest BCUT2D eigenvalue weighted by molar-refractivity contribution is 5.50. The number of hydrogen-bond acceptors (Lipinski definition) is 5. The molecule has 17 heavy (non-hydrogen) atoms. The fraction of sp³-hybridized carbons (Fsp3) is 0. The molecule has 2 N–H and O–H groups in total. The van der Waals surface area contributed by atoms with Gasteiger partial charge in [-0.2, -0.15) is 0 Å². The van der Waals surface area contributed by atoms with Crippen LogP contribution in [0.5, 0.6) is 0 Å². The van der Waals surface area contributed by atoms with Crippen molar-refractivity contribution in [3.05, 3.63) is 58.9 Å². The number of nitro benzene ring substituents is 1. The molecule has 0 unspecified atom stereocenters. The van der Waals surface area contributed by atoms with E-state index in [0.717, 1.165) is 0 Å². The monoisotopic (exact) mass is 232 g/mol.